The Morgan fingerprint density at radius 2 is 1.32 bits per heavy atom. The molecule has 0 radical (unpaired) electrons. The van der Waals surface area contributed by atoms with Gasteiger partial charge < -0.3 is 14.1 Å². The van der Waals surface area contributed by atoms with Gasteiger partial charge in [-0.05, 0) is 18.2 Å². The Bertz CT molecular complexity index is 1190. The molecule has 9 heteroatoms. The van der Waals surface area contributed by atoms with Gasteiger partial charge >= 0.3 is 59.1 Å². The van der Waals surface area contributed by atoms with Crippen molar-refractivity contribution in [3.63, 3.8) is 0 Å². The van der Waals surface area contributed by atoms with Crippen LogP contribution in [0.5, 0.6) is 5.75 Å². The van der Waals surface area contributed by atoms with Crippen LogP contribution in [0.3, 0.4) is 0 Å². The second-order valence-electron chi connectivity index (χ2n) is 6.32. The van der Waals surface area contributed by atoms with E-state index in [1.165, 1.54) is 43.5 Å². The smallest absolute Gasteiger partial charge is 0.744 e. The topological polar surface area (TPSA) is 101 Å². The Morgan fingerprint density at radius 3 is 1.77 bits per heavy atom. The van der Waals surface area contributed by atoms with Crippen molar-refractivity contribution >= 4 is 21.7 Å². The Balaban J connectivity index is 0.00000240. The summed E-state index contributed by atoms with van der Waals surface area (Å²) in [7, 11) is -3.58. The van der Waals surface area contributed by atoms with Gasteiger partial charge in [0.25, 0.3) is 0 Å². The largest absolute Gasteiger partial charge is 1.00 e. The summed E-state index contributed by atoms with van der Waals surface area (Å²) in [5, 5.41) is 0. The second-order valence-corrected chi connectivity index (χ2v) is 7.66. The number of benzene rings is 3. The van der Waals surface area contributed by atoms with Crippen LogP contribution in [0.1, 0.15) is 37.4 Å². The summed E-state index contributed by atoms with van der Waals surface area (Å²) in [6.07, 6.45) is 0. The molecule has 0 saturated carbocycles. The van der Waals surface area contributed by atoms with E-state index in [1.54, 1.807) is 18.2 Å². The Hall–Kier alpha value is -1.29. The number of aryl methyl sites for hydroxylation is 1. The molecule has 0 aliphatic rings. The van der Waals surface area contributed by atoms with Gasteiger partial charge in [0, 0.05) is 16.7 Å². The third kappa shape index (κ3) is 6.60. The predicted molar refractivity (Wildman–Crippen MR) is 104 cm³/mol. The van der Waals surface area contributed by atoms with Crippen LogP contribution >= 0.6 is 0 Å². The van der Waals surface area contributed by atoms with Crippen LogP contribution in [0.25, 0.3) is 0 Å². The SMILES string of the molecule is COc1ccc(C(=O)c2ccc(C(=O)c3c[c-]c(C)cc3)cc2)cc1S(=O)(=O)[O-].[Na+].[Na+]. The Labute approximate surface area is 225 Å². The van der Waals surface area contributed by atoms with Gasteiger partial charge in [0.05, 0.1) is 12.0 Å². The predicted octanol–water partition coefficient (Wildman–Crippen LogP) is -2.82. The molecule has 0 spiro atoms. The van der Waals surface area contributed by atoms with Crippen molar-refractivity contribution in [3.05, 3.63) is 94.5 Å². The third-order valence-electron chi connectivity index (χ3n) is 4.33. The van der Waals surface area contributed by atoms with Crippen LogP contribution in [-0.4, -0.2) is 31.6 Å². The van der Waals surface area contributed by atoms with Crippen LogP contribution in [-0.2, 0) is 10.1 Å². The molecule has 0 amide bonds. The van der Waals surface area contributed by atoms with Gasteiger partial charge in [-0.2, -0.15) is 29.8 Å². The summed E-state index contributed by atoms with van der Waals surface area (Å²) in [5.74, 6) is -0.822. The van der Waals surface area contributed by atoms with Crippen LogP contribution in [0, 0.1) is 13.0 Å². The molecule has 0 atom stereocenters. The second kappa shape index (κ2) is 11.5. The molecular formula is C22H16Na2O6S. The normalized spacial score (nSPS) is 10.4. The summed E-state index contributed by atoms with van der Waals surface area (Å²) in [6, 6.07) is 17.7. The van der Waals surface area contributed by atoms with Gasteiger partial charge in [0.2, 0.25) is 0 Å². The fourth-order valence-electron chi connectivity index (χ4n) is 2.76. The molecule has 0 aromatic heterocycles. The average molecular weight is 454 g/mol. The van der Waals surface area contributed by atoms with Crippen molar-refractivity contribution in [2.24, 2.45) is 0 Å². The summed E-state index contributed by atoms with van der Waals surface area (Å²) in [6.45, 7) is 1.87. The maximum atomic E-state index is 12.7. The molecule has 0 bridgehead atoms. The number of carbonyl (C=O) groups is 2. The van der Waals surface area contributed by atoms with Gasteiger partial charge in [-0.15, -0.1) is 0 Å². The molecule has 0 aliphatic heterocycles. The first-order valence-electron chi connectivity index (χ1n) is 8.52. The van der Waals surface area contributed by atoms with Crippen molar-refractivity contribution in [1.29, 1.82) is 0 Å². The van der Waals surface area contributed by atoms with Crippen LogP contribution in [0.15, 0.2) is 65.6 Å². The Morgan fingerprint density at radius 1 is 0.839 bits per heavy atom. The maximum Gasteiger partial charge on any atom is 1.00 e. The minimum absolute atomic E-state index is 0. The molecule has 148 valence electrons. The first-order valence-corrected chi connectivity index (χ1v) is 9.93. The molecule has 31 heavy (non-hydrogen) atoms. The van der Waals surface area contributed by atoms with E-state index in [1.807, 2.05) is 6.92 Å². The standard InChI is InChI=1S/C22H17O6S.2Na/c1-14-3-5-15(6-4-14)21(23)16-7-9-17(10-8-16)22(24)18-11-12-19(28-2)20(13-18)29(25,26)27;;/h3,5-13H,1-2H3,(H,25,26,27);;/q-1;2*+1/p-1. The van der Waals surface area contributed by atoms with E-state index in [-0.39, 0.29) is 81.8 Å². The quantitative estimate of drug-likeness (QED) is 0.172. The van der Waals surface area contributed by atoms with Gasteiger partial charge in [-0.25, -0.2) is 8.42 Å². The van der Waals surface area contributed by atoms with Crippen LogP contribution in [0.2, 0.25) is 0 Å². The van der Waals surface area contributed by atoms with Crippen molar-refractivity contribution in [2.75, 3.05) is 7.11 Å². The van der Waals surface area contributed by atoms with Gasteiger partial charge in [-0.3, -0.25) is 4.79 Å². The van der Waals surface area contributed by atoms with E-state index in [4.69, 9.17) is 4.74 Å². The maximum absolute atomic E-state index is 12.7. The van der Waals surface area contributed by atoms with Crippen molar-refractivity contribution in [3.8, 4) is 5.75 Å². The van der Waals surface area contributed by atoms with Gasteiger partial charge in [-0.1, -0.05) is 36.8 Å². The fraction of sp³-hybridized carbons (Fsp3) is 0.0909. The molecule has 0 fully saturated rings. The van der Waals surface area contributed by atoms with Gasteiger partial charge in [0.1, 0.15) is 21.7 Å². The Kier molecular flexibility index (Phi) is 10.3. The monoisotopic (exact) mass is 454 g/mol. The number of ketones is 2. The van der Waals surface area contributed by atoms with Crippen molar-refractivity contribution in [2.45, 2.75) is 11.8 Å². The fourth-order valence-corrected chi connectivity index (χ4v) is 3.43. The molecule has 3 aromatic carbocycles. The molecule has 3 aromatic rings. The van der Waals surface area contributed by atoms with Gasteiger partial charge in [0.15, 0.2) is 5.78 Å². The summed E-state index contributed by atoms with van der Waals surface area (Å²) in [5.41, 5.74) is 2.07. The molecule has 0 aliphatic carbocycles. The molecule has 0 N–H and O–H groups in total. The number of rotatable bonds is 6. The third-order valence-corrected chi connectivity index (χ3v) is 5.19. The zero-order chi connectivity index (χ0) is 21.2. The molecule has 0 unspecified atom stereocenters. The van der Waals surface area contributed by atoms with E-state index in [0.717, 1.165) is 11.6 Å². The minimum atomic E-state index is -4.81. The van der Waals surface area contributed by atoms with E-state index in [9.17, 15) is 22.6 Å². The number of ether oxygens (including phenoxy) is 1. The van der Waals surface area contributed by atoms with E-state index in [2.05, 4.69) is 6.07 Å². The van der Waals surface area contributed by atoms with E-state index < -0.39 is 20.8 Å². The first-order chi connectivity index (χ1) is 13.7. The van der Waals surface area contributed by atoms with Crippen LogP contribution < -0.4 is 63.9 Å². The number of carbonyl (C=O) groups excluding carboxylic acids is 2. The molecule has 6 nitrogen and oxygen atoms in total. The van der Waals surface area contributed by atoms with Crippen LogP contribution in [0.4, 0.5) is 0 Å². The molecule has 3 rings (SSSR count). The number of methoxy groups -OCH3 is 1. The van der Waals surface area contributed by atoms with E-state index >= 15 is 0 Å². The molecular weight excluding hydrogens is 438 g/mol. The minimum Gasteiger partial charge on any atom is -0.744 e. The zero-order valence-corrected chi connectivity index (χ0v) is 22.4. The summed E-state index contributed by atoms with van der Waals surface area (Å²) >= 11 is 0. The van der Waals surface area contributed by atoms with Crippen molar-refractivity contribution < 1.29 is 86.4 Å². The average Bonchev–Trinajstić information content (AvgIpc) is 2.72. The molecule has 0 heterocycles. The van der Waals surface area contributed by atoms with E-state index in [0.29, 0.717) is 11.1 Å². The number of hydrogen-bond donors (Lipinski definition) is 0. The number of hydrogen-bond acceptors (Lipinski definition) is 6. The summed E-state index contributed by atoms with van der Waals surface area (Å²) < 4.78 is 39.1. The van der Waals surface area contributed by atoms with Crippen molar-refractivity contribution in [1.82, 2.24) is 0 Å². The summed E-state index contributed by atoms with van der Waals surface area (Å²) in [4.78, 5) is 24.6. The zero-order valence-electron chi connectivity index (χ0n) is 17.6. The molecule has 0 saturated heterocycles. The first kappa shape index (κ1) is 27.7.